The van der Waals surface area contributed by atoms with Gasteiger partial charge in [0.05, 0.1) is 25.2 Å². The molecule has 6 nitrogen and oxygen atoms in total. The van der Waals surface area contributed by atoms with Gasteiger partial charge in [-0.3, -0.25) is 9.59 Å². The van der Waals surface area contributed by atoms with Crippen LogP contribution >= 0.6 is 0 Å². The van der Waals surface area contributed by atoms with Gasteiger partial charge in [0, 0.05) is 6.42 Å². The van der Waals surface area contributed by atoms with Crippen molar-refractivity contribution in [2.24, 2.45) is 0 Å². The van der Waals surface area contributed by atoms with Crippen molar-refractivity contribution < 1.29 is 24.5 Å². The summed E-state index contributed by atoms with van der Waals surface area (Å²) >= 11 is 0. The molecule has 0 spiro atoms. The van der Waals surface area contributed by atoms with Crippen LogP contribution in [0.15, 0.2) is 146 Å². The second-order valence-corrected chi connectivity index (χ2v) is 16.1. The van der Waals surface area contributed by atoms with E-state index >= 15 is 0 Å². The van der Waals surface area contributed by atoms with Crippen LogP contribution in [0.2, 0.25) is 0 Å². The number of aliphatic hydroxyl groups is 2. The van der Waals surface area contributed by atoms with Crippen LogP contribution in [0.5, 0.6) is 0 Å². The van der Waals surface area contributed by atoms with E-state index in [0.29, 0.717) is 19.3 Å². The molecular formula is C58H91NO5. The van der Waals surface area contributed by atoms with Gasteiger partial charge in [-0.25, -0.2) is 0 Å². The number of amides is 1. The molecule has 6 heteroatoms. The highest BCUT2D eigenvalue weighted by Gasteiger charge is 2.23. The largest absolute Gasteiger partial charge is 0.458 e. The fourth-order valence-electron chi connectivity index (χ4n) is 6.45. The summed E-state index contributed by atoms with van der Waals surface area (Å²) in [5, 5.41) is 23.6. The van der Waals surface area contributed by atoms with E-state index in [2.05, 4.69) is 148 Å². The van der Waals surface area contributed by atoms with Gasteiger partial charge >= 0.3 is 5.97 Å². The van der Waals surface area contributed by atoms with E-state index in [-0.39, 0.29) is 31.3 Å². The zero-order chi connectivity index (χ0) is 46.7. The molecule has 0 saturated carbocycles. The maximum Gasteiger partial charge on any atom is 0.306 e. The minimum Gasteiger partial charge on any atom is -0.458 e. The van der Waals surface area contributed by atoms with Crippen molar-refractivity contribution in [1.82, 2.24) is 5.32 Å². The van der Waals surface area contributed by atoms with Crippen LogP contribution in [0.1, 0.15) is 181 Å². The second kappa shape index (κ2) is 49.8. The van der Waals surface area contributed by atoms with Gasteiger partial charge in [0.1, 0.15) is 6.10 Å². The lowest BCUT2D eigenvalue weighted by molar-refractivity contribution is -0.148. The van der Waals surface area contributed by atoms with Crippen molar-refractivity contribution in [3.05, 3.63) is 146 Å². The van der Waals surface area contributed by atoms with Gasteiger partial charge in [0.25, 0.3) is 0 Å². The number of allylic oxidation sites excluding steroid dienone is 23. The molecule has 0 aromatic rings. The lowest BCUT2D eigenvalue weighted by Crippen LogP contribution is -2.46. The molecule has 3 unspecified atom stereocenters. The van der Waals surface area contributed by atoms with Crippen molar-refractivity contribution in [3.63, 3.8) is 0 Å². The van der Waals surface area contributed by atoms with Gasteiger partial charge in [-0.05, 0) is 96.0 Å². The molecular weight excluding hydrogens is 791 g/mol. The fraction of sp³-hybridized carbons (Fsp3) is 0.552. The number of aliphatic hydroxyl groups excluding tert-OH is 2. The monoisotopic (exact) mass is 882 g/mol. The van der Waals surface area contributed by atoms with Crippen LogP contribution in [0.25, 0.3) is 0 Å². The highest BCUT2D eigenvalue weighted by atomic mass is 16.5. The van der Waals surface area contributed by atoms with Crippen LogP contribution in [0.4, 0.5) is 0 Å². The Morgan fingerprint density at radius 1 is 0.484 bits per heavy atom. The molecule has 0 aromatic carbocycles. The lowest BCUT2D eigenvalue weighted by Gasteiger charge is -2.23. The molecule has 1 amide bonds. The molecule has 0 heterocycles. The Morgan fingerprint density at radius 2 is 0.844 bits per heavy atom. The molecule has 0 aliphatic rings. The Kier molecular flexibility index (Phi) is 46.4. The smallest absolute Gasteiger partial charge is 0.306 e. The number of hydrogen-bond acceptors (Lipinski definition) is 5. The highest BCUT2D eigenvalue weighted by Crippen LogP contribution is 2.14. The minimum atomic E-state index is -0.841. The number of unbranched alkanes of at least 4 members (excludes halogenated alkanes) is 8. The van der Waals surface area contributed by atoms with E-state index in [1.807, 2.05) is 18.2 Å². The third kappa shape index (κ3) is 44.4. The number of ether oxygens (including phenoxy) is 1. The quantitative estimate of drug-likeness (QED) is 0.0322. The van der Waals surface area contributed by atoms with Gasteiger partial charge in [-0.1, -0.05) is 218 Å². The Morgan fingerprint density at radius 3 is 1.23 bits per heavy atom. The van der Waals surface area contributed by atoms with Crippen molar-refractivity contribution in [2.75, 3.05) is 6.61 Å². The molecule has 0 aliphatic carbocycles. The number of nitrogens with one attached hydrogen (secondary N) is 1. The van der Waals surface area contributed by atoms with Gasteiger partial charge in [-0.2, -0.15) is 0 Å². The van der Waals surface area contributed by atoms with Gasteiger partial charge < -0.3 is 20.3 Å². The average molecular weight is 882 g/mol. The number of carbonyl (C=O) groups is 2. The van der Waals surface area contributed by atoms with Gasteiger partial charge in [0.15, 0.2) is 0 Å². The summed E-state index contributed by atoms with van der Waals surface area (Å²) in [6, 6.07) is -0.767. The summed E-state index contributed by atoms with van der Waals surface area (Å²) in [6.45, 7) is 6.16. The molecule has 0 bridgehead atoms. The molecule has 0 saturated heterocycles. The summed E-state index contributed by atoms with van der Waals surface area (Å²) in [6.07, 6.45) is 72.3. The molecule has 3 atom stereocenters. The Hall–Kier alpha value is -4.26. The molecule has 0 aromatic heterocycles. The van der Waals surface area contributed by atoms with Crippen LogP contribution in [0.3, 0.4) is 0 Å². The first-order chi connectivity index (χ1) is 31.5. The number of carbonyl (C=O) groups excluding carboxylic acids is 2. The number of esters is 1. The summed E-state index contributed by atoms with van der Waals surface area (Å²) in [4.78, 5) is 26.0. The first-order valence-corrected chi connectivity index (χ1v) is 25.1. The van der Waals surface area contributed by atoms with Crippen molar-refractivity contribution in [1.29, 1.82) is 0 Å². The Labute approximate surface area is 392 Å². The molecule has 64 heavy (non-hydrogen) atoms. The maximum absolute atomic E-state index is 13.1. The lowest BCUT2D eigenvalue weighted by atomic mass is 10.0. The van der Waals surface area contributed by atoms with Crippen LogP contribution < -0.4 is 5.32 Å². The predicted octanol–water partition coefficient (Wildman–Crippen LogP) is 15.2. The van der Waals surface area contributed by atoms with Gasteiger partial charge in [0.2, 0.25) is 5.91 Å². The third-order valence-electron chi connectivity index (χ3n) is 10.2. The molecule has 358 valence electrons. The van der Waals surface area contributed by atoms with Crippen LogP contribution in [-0.4, -0.2) is 46.9 Å². The summed E-state index contributed by atoms with van der Waals surface area (Å²) in [5.41, 5.74) is 0. The molecule has 0 aliphatic heterocycles. The van der Waals surface area contributed by atoms with E-state index in [4.69, 9.17) is 4.74 Å². The van der Waals surface area contributed by atoms with Crippen LogP contribution in [-0.2, 0) is 14.3 Å². The summed E-state index contributed by atoms with van der Waals surface area (Å²) < 4.78 is 5.77. The Balaban J connectivity index is 4.92. The maximum atomic E-state index is 13.1. The predicted molar refractivity (Wildman–Crippen MR) is 277 cm³/mol. The highest BCUT2D eigenvalue weighted by molar-refractivity contribution is 5.78. The first-order valence-electron chi connectivity index (χ1n) is 25.1. The second-order valence-electron chi connectivity index (χ2n) is 16.1. The topological polar surface area (TPSA) is 95.9 Å². The van der Waals surface area contributed by atoms with Crippen molar-refractivity contribution in [3.8, 4) is 0 Å². The SMILES string of the molecule is CC/C=C\C/C=C\C/C=C\C/C=C\C/C=C\C/C=C\CCC(=O)OC(/C=C\C/C=C\C/C=C\C/C=C\C/C=C\C/C=C\CC)CC(=O)NC(CO)C(O)CCCCCCCCCCC. The van der Waals surface area contributed by atoms with E-state index < -0.39 is 18.2 Å². The zero-order valence-corrected chi connectivity index (χ0v) is 40.6. The standard InChI is InChI=1S/C58H91NO5/c1-4-7-10-13-16-19-21-23-25-27-28-30-32-34-36-39-42-45-48-51-58(63)64-54(49-46-43-40-38-35-33-31-29-26-24-22-20-17-14-11-8-5-2)52-57(62)59-55(53-60)56(61)50-47-44-41-37-18-15-12-9-6-3/h7-8,10-11,16-17,19-20,23-26,28,30-31,33-34,36,38,40,42,45-46,49,54-56,60-61H,4-6,9,12-15,18,21-22,27,29,32,35,37,39,41,43-44,47-48,50-53H2,1-3H3,(H,59,62)/b10-7-,11-8-,19-16-,20-17-,25-23-,26-24-,30-28-,33-31-,36-34-,40-38-,45-42-,49-46-. The van der Waals surface area contributed by atoms with Gasteiger partial charge in [-0.15, -0.1) is 0 Å². The number of hydrogen-bond donors (Lipinski definition) is 3. The van der Waals surface area contributed by atoms with Crippen LogP contribution in [0, 0.1) is 0 Å². The molecule has 3 N–H and O–H groups in total. The first kappa shape index (κ1) is 59.7. The average Bonchev–Trinajstić information content (AvgIpc) is 3.29. The van der Waals surface area contributed by atoms with E-state index in [9.17, 15) is 19.8 Å². The Bertz CT molecular complexity index is 1450. The van der Waals surface area contributed by atoms with Crippen molar-refractivity contribution >= 4 is 11.9 Å². The summed E-state index contributed by atoms with van der Waals surface area (Å²) in [7, 11) is 0. The minimum absolute atomic E-state index is 0.0882. The molecule has 0 radical (unpaired) electrons. The molecule has 0 rings (SSSR count). The molecule has 0 fully saturated rings. The summed E-state index contributed by atoms with van der Waals surface area (Å²) in [5.74, 6) is -0.750. The zero-order valence-electron chi connectivity index (χ0n) is 40.6. The van der Waals surface area contributed by atoms with E-state index in [1.54, 1.807) is 6.08 Å². The van der Waals surface area contributed by atoms with E-state index in [1.165, 1.54) is 38.5 Å². The third-order valence-corrected chi connectivity index (χ3v) is 10.2. The fourth-order valence-corrected chi connectivity index (χ4v) is 6.45. The normalized spacial score (nSPS) is 14.5. The number of rotatable bonds is 42. The van der Waals surface area contributed by atoms with Crippen molar-refractivity contribution in [2.45, 2.75) is 200 Å². The van der Waals surface area contributed by atoms with E-state index in [0.717, 1.165) is 89.9 Å².